The fourth-order valence-electron chi connectivity index (χ4n) is 11.5. The van der Waals surface area contributed by atoms with E-state index >= 15 is 0 Å². The Morgan fingerprint density at radius 1 is 1.17 bits per heavy atom. The van der Waals surface area contributed by atoms with Gasteiger partial charge in [-0.2, -0.15) is 0 Å². The number of hydrogen-bond donors (Lipinski definition) is 2. The van der Waals surface area contributed by atoms with Crippen LogP contribution in [-0.2, 0) is 42.9 Å². The molecular formula is C30H36O12. The van der Waals surface area contributed by atoms with Gasteiger partial charge in [0.15, 0.2) is 11.9 Å². The number of esters is 3. The predicted molar refractivity (Wildman–Crippen MR) is 137 cm³/mol. The maximum absolute atomic E-state index is 14.9. The maximum Gasteiger partial charge on any atom is 0.335 e. The van der Waals surface area contributed by atoms with Crippen LogP contribution in [0.4, 0.5) is 0 Å². The highest BCUT2D eigenvalue weighted by Gasteiger charge is 3.00. The van der Waals surface area contributed by atoms with E-state index in [-0.39, 0.29) is 6.42 Å². The Balaban J connectivity index is 1.57. The molecule has 0 radical (unpaired) electrons. The zero-order valence-electron chi connectivity index (χ0n) is 24.4. The number of hydrogen-bond acceptors (Lipinski definition) is 12. The number of Topliss-reactive ketones (excluding diaryl/α,β-unsaturated/α-hetero) is 1. The van der Waals surface area contributed by atoms with Gasteiger partial charge in [0.1, 0.15) is 22.9 Å². The molecule has 12 atom stereocenters. The van der Waals surface area contributed by atoms with Gasteiger partial charge in [0.05, 0.1) is 32.0 Å². The molecule has 4 aliphatic carbocycles. The summed E-state index contributed by atoms with van der Waals surface area (Å²) in [6.07, 6.45) is 0.421. The van der Waals surface area contributed by atoms with Crippen LogP contribution in [0.3, 0.4) is 0 Å². The molecule has 12 heteroatoms. The van der Waals surface area contributed by atoms with E-state index in [1.54, 1.807) is 19.9 Å². The third-order valence-electron chi connectivity index (χ3n) is 12.6. The largest absolute Gasteiger partial charge is 0.472 e. The number of aliphatic hydroxyl groups is 2. The second kappa shape index (κ2) is 7.82. The number of aliphatic hydroxyl groups excluding tert-OH is 1. The van der Waals surface area contributed by atoms with Crippen molar-refractivity contribution < 1.29 is 57.5 Å². The van der Waals surface area contributed by atoms with Crippen LogP contribution in [0.5, 0.6) is 0 Å². The topological polar surface area (TPSA) is 168 Å². The first-order chi connectivity index (χ1) is 19.6. The first kappa shape index (κ1) is 28.0. The quantitative estimate of drug-likeness (QED) is 0.377. The molecule has 0 amide bonds. The summed E-state index contributed by atoms with van der Waals surface area (Å²) in [5.74, 6) is -8.27. The van der Waals surface area contributed by atoms with Crippen molar-refractivity contribution in [1.82, 2.24) is 0 Å². The van der Waals surface area contributed by atoms with Gasteiger partial charge < -0.3 is 38.3 Å². The van der Waals surface area contributed by atoms with Crippen LogP contribution in [0.15, 0.2) is 23.0 Å². The molecule has 0 unspecified atom stereocenters. The molecule has 42 heavy (non-hydrogen) atoms. The Bertz CT molecular complexity index is 1420. The number of cyclic esters (lactones) is 1. The second-order valence-corrected chi connectivity index (χ2v) is 13.8. The van der Waals surface area contributed by atoms with E-state index in [0.717, 1.165) is 7.11 Å². The van der Waals surface area contributed by atoms with Gasteiger partial charge in [0, 0.05) is 54.1 Å². The summed E-state index contributed by atoms with van der Waals surface area (Å²) in [6.45, 7) is 6.48. The van der Waals surface area contributed by atoms with Gasteiger partial charge in [-0.25, -0.2) is 4.79 Å². The van der Waals surface area contributed by atoms with Crippen LogP contribution < -0.4 is 0 Å². The highest BCUT2D eigenvalue weighted by molar-refractivity contribution is 5.97. The molecule has 6 aliphatic rings. The number of furan rings is 1. The number of fused-ring (bicyclic) bond motifs is 2. The van der Waals surface area contributed by atoms with Crippen molar-refractivity contribution in [2.24, 2.45) is 34.0 Å². The van der Waals surface area contributed by atoms with E-state index in [1.807, 2.05) is 6.92 Å². The lowest BCUT2D eigenvalue weighted by Crippen LogP contribution is -2.73. The summed E-state index contributed by atoms with van der Waals surface area (Å²) in [5, 5.41) is 25.0. The monoisotopic (exact) mass is 588 g/mol. The van der Waals surface area contributed by atoms with E-state index in [9.17, 15) is 29.4 Å². The zero-order valence-corrected chi connectivity index (χ0v) is 24.4. The fraction of sp³-hybridized carbons (Fsp3) is 0.733. The molecule has 4 saturated carbocycles. The molecular weight excluding hydrogens is 552 g/mol. The molecule has 1 aromatic rings. The van der Waals surface area contributed by atoms with Gasteiger partial charge in [0.2, 0.25) is 5.79 Å². The van der Waals surface area contributed by atoms with Crippen molar-refractivity contribution in [3.05, 3.63) is 24.2 Å². The minimum atomic E-state index is -2.18. The first-order valence-electron chi connectivity index (χ1n) is 14.3. The molecule has 3 heterocycles. The van der Waals surface area contributed by atoms with Gasteiger partial charge in [-0.1, -0.05) is 20.8 Å². The predicted octanol–water partition coefficient (Wildman–Crippen LogP) is 1.61. The van der Waals surface area contributed by atoms with E-state index < -0.39 is 98.9 Å². The summed E-state index contributed by atoms with van der Waals surface area (Å²) < 4.78 is 35.4. The molecule has 12 nitrogen and oxygen atoms in total. The van der Waals surface area contributed by atoms with Crippen molar-refractivity contribution in [3.63, 3.8) is 0 Å². The second-order valence-electron chi connectivity index (χ2n) is 13.8. The van der Waals surface area contributed by atoms with Crippen molar-refractivity contribution in [1.29, 1.82) is 0 Å². The Kier molecular flexibility index (Phi) is 5.22. The number of methoxy groups -OCH3 is 2. The van der Waals surface area contributed by atoms with Crippen molar-refractivity contribution in [2.45, 2.75) is 88.2 Å². The minimum absolute atomic E-state index is 0.0893. The summed E-state index contributed by atoms with van der Waals surface area (Å²) in [5.41, 5.74) is -8.73. The van der Waals surface area contributed by atoms with Crippen molar-refractivity contribution >= 4 is 23.7 Å². The van der Waals surface area contributed by atoms with Crippen LogP contribution in [-0.4, -0.2) is 76.8 Å². The van der Waals surface area contributed by atoms with E-state index in [1.165, 1.54) is 26.6 Å². The minimum Gasteiger partial charge on any atom is -0.472 e. The number of ketones is 1. The molecule has 2 saturated heterocycles. The van der Waals surface area contributed by atoms with E-state index in [0.29, 0.717) is 18.4 Å². The molecule has 7 rings (SSSR count). The fourth-order valence-corrected chi connectivity index (χ4v) is 11.5. The Labute approximate surface area is 241 Å². The van der Waals surface area contributed by atoms with Gasteiger partial charge in [0.25, 0.3) is 0 Å². The number of ether oxygens (including phenoxy) is 5. The Morgan fingerprint density at radius 2 is 1.88 bits per heavy atom. The molecule has 2 bridgehead atoms. The molecule has 1 aromatic heterocycles. The van der Waals surface area contributed by atoms with E-state index in [4.69, 9.17) is 28.1 Å². The van der Waals surface area contributed by atoms with Gasteiger partial charge in [-0.15, -0.1) is 0 Å². The molecule has 1 spiro atoms. The van der Waals surface area contributed by atoms with Crippen LogP contribution in [0.1, 0.15) is 65.0 Å². The smallest absolute Gasteiger partial charge is 0.335 e. The standard InChI is InChI=1S/C30H36O12/c1-14(31)41-27-13-24(2)19(18(33)21(34)37-5)26(27,4)16-7-9-25(3)20(15-8-10-39-12-15)40-17(32)11-28(25)29(16,36)22(27)30(38-6,42-28)23(24)35/h8,10,12,16,18-20,22,33,36H,7,9,11,13H2,1-6H3/t16-,18-,19+,20+,22-,24-,25+,26-,27+,28-,29+,30-/m1/s1. The first-order valence-corrected chi connectivity index (χ1v) is 14.3. The SMILES string of the molecule is COC(=O)[C@H](O)[C@@H]1[C@@]2(C)[C@H]3CC[C@@]4(C)[C@H](c5ccoc5)OC(=O)C[C@@]45O[C@@]4(OC)C(=O)[C@]1(C)C[C@]2(OC(C)=O)[C@@H]4[C@@]35O. The maximum atomic E-state index is 14.9. The summed E-state index contributed by atoms with van der Waals surface area (Å²) in [7, 11) is 2.42. The lowest BCUT2D eigenvalue weighted by Gasteiger charge is -2.63. The normalized spacial score (nSPS) is 52.0. The Morgan fingerprint density at radius 3 is 2.48 bits per heavy atom. The summed E-state index contributed by atoms with van der Waals surface area (Å²) in [6, 6.07) is 1.68. The highest BCUT2D eigenvalue weighted by Crippen LogP contribution is 2.88. The van der Waals surface area contributed by atoms with Crippen molar-refractivity contribution in [3.8, 4) is 0 Å². The van der Waals surface area contributed by atoms with Crippen molar-refractivity contribution in [2.75, 3.05) is 14.2 Å². The van der Waals surface area contributed by atoms with Gasteiger partial charge in [-0.3, -0.25) is 14.4 Å². The molecule has 0 aromatic carbocycles. The zero-order chi connectivity index (χ0) is 30.5. The molecule has 2 N–H and O–H groups in total. The van der Waals surface area contributed by atoms with Gasteiger partial charge in [-0.05, 0) is 18.9 Å². The van der Waals surface area contributed by atoms with Crippen LogP contribution >= 0.6 is 0 Å². The third kappa shape index (κ3) is 2.48. The average Bonchev–Trinajstić information content (AvgIpc) is 3.61. The third-order valence-corrected chi connectivity index (χ3v) is 12.6. The molecule has 2 aliphatic heterocycles. The highest BCUT2D eigenvalue weighted by atomic mass is 16.7. The lowest BCUT2D eigenvalue weighted by atomic mass is 9.45. The average molecular weight is 589 g/mol. The summed E-state index contributed by atoms with van der Waals surface area (Å²) in [4.78, 5) is 54.3. The summed E-state index contributed by atoms with van der Waals surface area (Å²) >= 11 is 0. The van der Waals surface area contributed by atoms with Crippen LogP contribution in [0.2, 0.25) is 0 Å². The van der Waals surface area contributed by atoms with Gasteiger partial charge >= 0.3 is 17.9 Å². The molecule has 228 valence electrons. The number of rotatable bonds is 5. The van der Waals surface area contributed by atoms with Crippen LogP contribution in [0, 0.1) is 34.0 Å². The molecule has 6 fully saturated rings. The van der Waals surface area contributed by atoms with E-state index in [2.05, 4.69) is 0 Å². The number of carbonyl (C=O) groups excluding carboxylic acids is 4. The lowest BCUT2D eigenvalue weighted by molar-refractivity contribution is -0.329. The Hall–Kier alpha value is -2.80. The number of carbonyl (C=O) groups is 4. The van der Waals surface area contributed by atoms with Crippen LogP contribution in [0.25, 0.3) is 0 Å².